The Balaban J connectivity index is 2.01. The Morgan fingerprint density at radius 3 is 2.61 bits per heavy atom. The molecule has 0 aliphatic carbocycles. The minimum absolute atomic E-state index is 0.0477. The van der Waals surface area contributed by atoms with E-state index in [9.17, 15) is 12.8 Å². The molecule has 2 aromatic rings. The van der Waals surface area contributed by atoms with Crippen molar-refractivity contribution < 1.29 is 17.5 Å². The third-order valence-corrected chi connectivity index (χ3v) is 4.84. The number of sulfonamides is 1. The number of benzene rings is 2. The van der Waals surface area contributed by atoms with Gasteiger partial charge in [-0.05, 0) is 35.2 Å². The summed E-state index contributed by atoms with van der Waals surface area (Å²) in [6, 6.07) is 13.1. The highest BCUT2D eigenvalue weighted by atomic mass is 32.2. The standard InChI is InChI=1S/C17H20FNO3S/c1-13(16-8-3-4-9-17(16)22-2)11-19-23(20,21)12-14-6-5-7-15(18)10-14/h3-10,13,19H,11-12H2,1-2H3. The molecule has 2 rings (SSSR count). The number of nitrogens with one attached hydrogen (secondary N) is 1. The highest BCUT2D eigenvalue weighted by Gasteiger charge is 2.16. The summed E-state index contributed by atoms with van der Waals surface area (Å²) in [6.45, 7) is 2.17. The molecule has 0 amide bonds. The zero-order valence-corrected chi connectivity index (χ0v) is 13.9. The fourth-order valence-electron chi connectivity index (χ4n) is 2.33. The number of ether oxygens (including phenoxy) is 1. The number of rotatable bonds is 7. The Labute approximate surface area is 136 Å². The van der Waals surface area contributed by atoms with Gasteiger partial charge in [0.05, 0.1) is 12.9 Å². The second-order valence-corrected chi connectivity index (χ2v) is 7.19. The van der Waals surface area contributed by atoms with Gasteiger partial charge in [0.25, 0.3) is 0 Å². The van der Waals surface area contributed by atoms with Crippen molar-refractivity contribution in [2.45, 2.75) is 18.6 Å². The predicted molar refractivity (Wildman–Crippen MR) is 88.4 cm³/mol. The Morgan fingerprint density at radius 1 is 1.17 bits per heavy atom. The maximum absolute atomic E-state index is 13.1. The maximum atomic E-state index is 13.1. The molecule has 0 spiro atoms. The van der Waals surface area contributed by atoms with Gasteiger partial charge >= 0.3 is 0 Å². The average molecular weight is 337 g/mol. The number of methoxy groups -OCH3 is 1. The lowest BCUT2D eigenvalue weighted by atomic mass is 10.0. The van der Waals surface area contributed by atoms with Gasteiger partial charge in [-0.25, -0.2) is 17.5 Å². The van der Waals surface area contributed by atoms with Crippen molar-refractivity contribution in [2.24, 2.45) is 0 Å². The second-order valence-electron chi connectivity index (χ2n) is 5.38. The molecule has 1 unspecified atom stereocenters. The molecule has 2 aromatic carbocycles. The molecule has 0 aromatic heterocycles. The van der Waals surface area contributed by atoms with Gasteiger partial charge in [0.2, 0.25) is 10.0 Å². The first-order valence-corrected chi connectivity index (χ1v) is 8.91. The minimum atomic E-state index is -3.53. The summed E-state index contributed by atoms with van der Waals surface area (Å²) in [7, 11) is -1.95. The molecule has 0 aliphatic rings. The van der Waals surface area contributed by atoms with E-state index in [1.54, 1.807) is 13.2 Å². The van der Waals surface area contributed by atoms with Crippen molar-refractivity contribution in [3.63, 3.8) is 0 Å². The van der Waals surface area contributed by atoms with Crippen LogP contribution in [0.1, 0.15) is 24.0 Å². The fourth-order valence-corrected chi connectivity index (χ4v) is 3.56. The third kappa shape index (κ3) is 5.04. The predicted octanol–water partition coefficient (Wildman–Crippen LogP) is 3.06. The van der Waals surface area contributed by atoms with Crippen LogP contribution < -0.4 is 9.46 Å². The number of para-hydroxylation sites is 1. The van der Waals surface area contributed by atoms with E-state index in [2.05, 4.69) is 4.72 Å². The normalized spacial score (nSPS) is 12.8. The van der Waals surface area contributed by atoms with E-state index in [0.717, 1.165) is 11.3 Å². The number of halogens is 1. The van der Waals surface area contributed by atoms with E-state index in [4.69, 9.17) is 4.74 Å². The summed E-state index contributed by atoms with van der Waals surface area (Å²) < 4.78 is 45.3. The van der Waals surface area contributed by atoms with Crippen LogP contribution >= 0.6 is 0 Å². The molecule has 6 heteroatoms. The largest absolute Gasteiger partial charge is 0.496 e. The summed E-state index contributed by atoms with van der Waals surface area (Å²) >= 11 is 0. The summed E-state index contributed by atoms with van der Waals surface area (Å²) in [5.74, 6) is -0.0125. The van der Waals surface area contributed by atoms with E-state index in [0.29, 0.717) is 5.56 Å². The molecule has 0 radical (unpaired) electrons. The molecule has 0 aliphatic heterocycles. The third-order valence-electron chi connectivity index (χ3n) is 3.52. The van der Waals surface area contributed by atoms with Gasteiger partial charge in [-0.3, -0.25) is 0 Å². The van der Waals surface area contributed by atoms with Crippen LogP contribution in [0.3, 0.4) is 0 Å². The quantitative estimate of drug-likeness (QED) is 0.845. The van der Waals surface area contributed by atoms with E-state index in [-0.39, 0.29) is 18.2 Å². The van der Waals surface area contributed by atoms with Gasteiger partial charge < -0.3 is 4.74 Å². The lowest BCUT2D eigenvalue weighted by Gasteiger charge is -2.16. The monoisotopic (exact) mass is 337 g/mol. The molecule has 23 heavy (non-hydrogen) atoms. The maximum Gasteiger partial charge on any atom is 0.215 e. The molecule has 0 fully saturated rings. The number of hydrogen-bond acceptors (Lipinski definition) is 3. The fraction of sp³-hybridized carbons (Fsp3) is 0.294. The first-order valence-electron chi connectivity index (χ1n) is 7.26. The molecule has 0 heterocycles. The molecule has 1 N–H and O–H groups in total. The minimum Gasteiger partial charge on any atom is -0.496 e. The van der Waals surface area contributed by atoms with E-state index in [1.165, 1.54) is 18.2 Å². The Hall–Kier alpha value is -1.92. The van der Waals surface area contributed by atoms with E-state index >= 15 is 0 Å². The Bertz CT molecular complexity index is 762. The molecule has 4 nitrogen and oxygen atoms in total. The van der Waals surface area contributed by atoms with E-state index < -0.39 is 15.8 Å². The van der Waals surface area contributed by atoms with Crippen LogP contribution in [-0.2, 0) is 15.8 Å². The van der Waals surface area contributed by atoms with Gasteiger partial charge in [-0.15, -0.1) is 0 Å². The van der Waals surface area contributed by atoms with E-state index in [1.807, 2.05) is 31.2 Å². The van der Waals surface area contributed by atoms with Crippen molar-refractivity contribution in [1.82, 2.24) is 4.72 Å². The number of hydrogen-bond donors (Lipinski definition) is 1. The van der Waals surface area contributed by atoms with Crippen LogP contribution in [0, 0.1) is 5.82 Å². The first-order chi connectivity index (χ1) is 10.9. The SMILES string of the molecule is COc1ccccc1C(C)CNS(=O)(=O)Cc1cccc(F)c1. The van der Waals surface area contributed by atoms with Crippen LogP contribution in [0.5, 0.6) is 5.75 Å². The smallest absolute Gasteiger partial charge is 0.215 e. The van der Waals surface area contributed by atoms with Crippen LogP contribution in [0.4, 0.5) is 4.39 Å². The van der Waals surface area contributed by atoms with Crippen molar-refractivity contribution in [3.8, 4) is 5.75 Å². The van der Waals surface area contributed by atoms with Crippen LogP contribution in [0.25, 0.3) is 0 Å². The highest BCUT2D eigenvalue weighted by Crippen LogP contribution is 2.25. The van der Waals surface area contributed by atoms with Gasteiger partial charge in [0.1, 0.15) is 11.6 Å². The summed E-state index contributed by atoms with van der Waals surface area (Å²) in [5.41, 5.74) is 1.35. The molecule has 0 saturated heterocycles. The van der Waals surface area contributed by atoms with Crippen LogP contribution in [0.15, 0.2) is 48.5 Å². The molecule has 1 atom stereocenters. The summed E-state index contributed by atoms with van der Waals surface area (Å²) in [4.78, 5) is 0. The topological polar surface area (TPSA) is 55.4 Å². The molecular weight excluding hydrogens is 317 g/mol. The summed E-state index contributed by atoms with van der Waals surface area (Å²) in [5, 5.41) is 0. The van der Waals surface area contributed by atoms with Crippen molar-refractivity contribution in [3.05, 3.63) is 65.5 Å². The molecular formula is C17H20FNO3S. The van der Waals surface area contributed by atoms with Gasteiger partial charge in [0, 0.05) is 6.54 Å². The van der Waals surface area contributed by atoms with Gasteiger partial charge in [-0.2, -0.15) is 0 Å². The molecule has 0 bridgehead atoms. The van der Waals surface area contributed by atoms with Crippen molar-refractivity contribution in [1.29, 1.82) is 0 Å². The first kappa shape index (κ1) is 17.4. The van der Waals surface area contributed by atoms with Gasteiger partial charge in [-0.1, -0.05) is 37.3 Å². The van der Waals surface area contributed by atoms with Crippen LogP contribution in [0.2, 0.25) is 0 Å². The zero-order valence-electron chi connectivity index (χ0n) is 13.1. The molecule has 0 saturated carbocycles. The van der Waals surface area contributed by atoms with Gasteiger partial charge in [0.15, 0.2) is 0 Å². The van der Waals surface area contributed by atoms with Crippen LogP contribution in [-0.4, -0.2) is 22.1 Å². The zero-order chi connectivity index (χ0) is 16.9. The van der Waals surface area contributed by atoms with Crippen molar-refractivity contribution in [2.75, 3.05) is 13.7 Å². The Morgan fingerprint density at radius 2 is 1.91 bits per heavy atom. The lowest BCUT2D eigenvalue weighted by molar-refractivity contribution is 0.406. The second kappa shape index (κ2) is 7.57. The molecule has 124 valence electrons. The summed E-state index contributed by atoms with van der Waals surface area (Å²) in [6.07, 6.45) is 0. The average Bonchev–Trinajstić information content (AvgIpc) is 2.52. The lowest BCUT2D eigenvalue weighted by Crippen LogP contribution is -2.29. The highest BCUT2D eigenvalue weighted by molar-refractivity contribution is 7.88. The van der Waals surface area contributed by atoms with Crippen molar-refractivity contribution >= 4 is 10.0 Å². The Kier molecular flexibility index (Phi) is 5.74.